The van der Waals surface area contributed by atoms with Crippen LogP contribution < -0.4 is 4.90 Å². The Morgan fingerprint density at radius 1 is 0.920 bits per heavy atom. The van der Waals surface area contributed by atoms with Gasteiger partial charge >= 0.3 is 6.18 Å². The molecule has 3 rings (SSSR count). The first-order valence-corrected chi connectivity index (χ1v) is 8.54. The normalized spacial score (nSPS) is 16.3. The van der Waals surface area contributed by atoms with Crippen molar-refractivity contribution in [1.29, 1.82) is 0 Å². The average molecular weight is 390 g/mol. The fraction of sp³-hybridized carbons (Fsp3) is 0.353. The van der Waals surface area contributed by atoms with Crippen LogP contribution in [-0.4, -0.2) is 36.1 Å². The Bertz CT molecular complexity index is 727. The number of anilines is 1. The van der Waals surface area contributed by atoms with Crippen molar-refractivity contribution >= 4 is 29.0 Å². The SMILES string of the molecule is FC(F)(F)c1ccc(N2CCN(Cc3ccc(Cl)cc3)CC2)nc1Cl. The number of hydrogen-bond donors (Lipinski definition) is 0. The van der Waals surface area contributed by atoms with Gasteiger partial charge in [0.05, 0.1) is 5.56 Å². The molecule has 1 fully saturated rings. The Morgan fingerprint density at radius 3 is 2.12 bits per heavy atom. The molecule has 0 spiro atoms. The molecule has 0 aliphatic carbocycles. The highest BCUT2D eigenvalue weighted by Crippen LogP contribution is 2.34. The molecule has 1 aliphatic rings. The molecular formula is C17H16Cl2F3N3. The van der Waals surface area contributed by atoms with Gasteiger partial charge in [-0.1, -0.05) is 35.3 Å². The largest absolute Gasteiger partial charge is 0.419 e. The lowest BCUT2D eigenvalue weighted by atomic mass is 10.2. The van der Waals surface area contributed by atoms with E-state index in [1.165, 1.54) is 11.6 Å². The Hall–Kier alpha value is -1.50. The standard InChI is InChI=1S/C17H16Cl2F3N3/c18-13-3-1-12(2-4-13)11-24-7-9-25(10-8-24)15-6-5-14(16(19)23-15)17(20,21)22/h1-6H,7-11H2. The monoisotopic (exact) mass is 389 g/mol. The molecule has 2 heterocycles. The first kappa shape index (κ1) is 18.3. The number of piperazine rings is 1. The van der Waals surface area contributed by atoms with E-state index in [2.05, 4.69) is 9.88 Å². The highest BCUT2D eigenvalue weighted by Gasteiger charge is 2.34. The summed E-state index contributed by atoms with van der Waals surface area (Å²) < 4.78 is 38.3. The van der Waals surface area contributed by atoms with Crippen LogP contribution in [0.5, 0.6) is 0 Å². The number of nitrogens with zero attached hydrogens (tertiary/aromatic N) is 3. The summed E-state index contributed by atoms with van der Waals surface area (Å²) in [5, 5.41) is 0.201. The number of rotatable bonds is 3. The second-order valence-electron chi connectivity index (χ2n) is 5.90. The minimum atomic E-state index is -4.49. The van der Waals surface area contributed by atoms with E-state index in [4.69, 9.17) is 23.2 Å². The predicted molar refractivity (Wildman–Crippen MR) is 93.2 cm³/mol. The smallest absolute Gasteiger partial charge is 0.354 e. The van der Waals surface area contributed by atoms with Crippen molar-refractivity contribution in [3.63, 3.8) is 0 Å². The number of aromatic nitrogens is 1. The van der Waals surface area contributed by atoms with Gasteiger partial charge in [0.25, 0.3) is 0 Å². The number of alkyl halides is 3. The van der Waals surface area contributed by atoms with Gasteiger partial charge in [-0.15, -0.1) is 0 Å². The maximum absolute atomic E-state index is 12.8. The molecule has 3 nitrogen and oxygen atoms in total. The second-order valence-corrected chi connectivity index (χ2v) is 6.69. The lowest BCUT2D eigenvalue weighted by molar-refractivity contribution is -0.137. The maximum Gasteiger partial charge on any atom is 0.419 e. The predicted octanol–water partition coefficient (Wildman–Crippen LogP) is 4.73. The van der Waals surface area contributed by atoms with Crippen LogP contribution in [0.15, 0.2) is 36.4 Å². The minimum absolute atomic E-state index is 0.476. The average Bonchev–Trinajstić information content (AvgIpc) is 2.56. The fourth-order valence-electron chi connectivity index (χ4n) is 2.80. The third-order valence-corrected chi connectivity index (χ3v) is 4.70. The topological polar surface area (TPSA) is 19.4 Å². The fourth-order valence-corrected chi connectivity index (χ4v) is 3.18. The van der Waals surface area contributed by atoms with Gasteiger partial charge < -0.3 is 4.90 Å². The van der Waals surface area contributed by atoms with Gasteiger partial charge in [-0.05, 0) is 29.8 Å². The Balaban J connectivity index is 1.60. The van der Waals surface area contributed by atoms with Crippen LogP contribution in [0.25, 0.3) is 0 Å². The molecule has 134 valence electrons. The van der Waals surface area contributed by atoms with E-state index in [0.717, 1.165) is 25.7 Å². The molecule has 25 heavy (non-hydrogen) atoms. The van der Waals surface area contributed by atoms with E-state index >= 15 is 0 Å². The zero-order valence-corrected chi connectivity index (χ0v) is 14.7. The molecular weight excluding hydrogens is 374 g/mol. The van der Waals surface area contributed by atoms with Crippen molar-refractivity contribution in [2.45, 2.75) is 12.7 Å². The zero-order valence-electron chi connectivity index (χ0n) is 13.2. The van der Waals surface area contributed by atoms with Gasteiger partial charge in [0.15, 0.2) is 0 Å². The first-order chi connectivity index (χ1) is 11.8. The van der Waals surface area contributed by atoms with E-state index in [1.54, 1.807) is 0 Å². The lowest BCUT2D eigenvalue weighted by Gasteiger charge is -2.35. The van der Waals surface area contributed by atoms with Gasteiger partial charge in [0.2, 0.25) is 0 Å². The third kappa shape index (κ3) is 4.57. The van der Waals surface area contributed by atoms with Gasteiger partial charge in [0.1, 0.15) is 11.0 Å². The molecule has 8 heteroatoms. The maximum atomic E-state index is 12.8. The molecule has 0 bridgehead atoms. The van der Waals surface area contributed by atoms with Crippen LogP contribution in [-0.2, 0) is 12.7 Å². The van der Waals surface area contributed by atoms with Crippen LogP contribution in [0, 0.1) is 0 Å². The molecule has 1 aromatic carbocycles. The third-order valence-electron chi connectivity index (χ3n) is 4.16. The van der Waals surface area contributed by atoms with E-state index < -0.39 is 16.9 Å². The van der Waals surface area contributed by atoms with Crippen LogP contribution in [0.2, 0.25) is 10.2 Å². The van der Waals surface area contributed by atoms with Crippen molar-refractivity contribution in [1.82, 2.24) is 9.88 Å². The summed E-state index contributed by atoms with van der Waals surface area (Å²) in [6, 6.07) is 10.1. The van der Waals surface area contributed by atoms with Crippen molar-refractivity contribution < 1.29 is 13.2 Å². The highest BCUT2D eigenvalue weighted by atomic mass is 35.5. The zero-order chi connectivity index (χ0) is 18.0. The summed E-state index contributed by atoms with van der Waals surface area (Å²) >= 11 is 11.6. The van der Waals surface area contributed by atoms with Gasteiger partial charge in [-0.2, -0.15) is 13.2 Å². The number of halogens is 5. The molecule has 0 radical (unpaired) electrons. The van der Waals surface area contributed by atoms with Gasteiger partial charge in [-0.25, -0.2) is 4.98 Å². The summed E-state index contributed by atoms with van der Waals surface area (Å²) in [4.78, 5) is 8.15. The van der Waals surface area contributed by atoms with Crippen molar-refractivity contribution in [2.24, 2.45) is 0 Å². The number of benzene rings is 1. The van der Waals surface area contributed by atoms with Gasteiger partial charge in [0, 0.05) is 37.7 Å². The van der Waals surface area contributed by atoms with E-state index in [1.807, 2.05) is 29.2 Å². The van der Waals surface area contributed by atoms with Crippen molar-refractivity contribution in [3.8, 4) is 0 Å². The molecule has 0 saturated carbocycles. The molecule has 0 N–H and O–H groups in total. The van der Waals surface area contributed by atoms with E-state index in [0.29, 0.717) is 23.9 Å². The summed E-state index contributed by atoms with van der Waals surface area (Å²) in [5.74, 6) is 0.476. The Labute approximate surface area is 154 Å². The molecule has 1 aromatic heterocycles. The van der Waals surface area contributed by atoms with Crippen molar-refractivity contribution in [3.05, 3.63) is 57.7 Å². The quantitative estimate of drug-likeness (QED) is 0.707. The molecule has 0 atom stereocenters. The summed E-state index contributed by atoms with van der Waals surface area (Å²) in [7, 11) is 0. The molecule has 1 aliphatic heterocycles. The molecule has 1 saturated heterocycles. The summed E-state index contributed by atoms with van der Waals surface area (Å²) in [5.41, 5.74) is 0.271. The van der Waals surface area contributed by atoms with E-state index in [-0.39, 0.29) is 0 Å². The summed E-state index contributed by atoms with van der Waals surface area (Å²) in [6.07, 6.45) is -4.49. The van der Waals surface area contributed by atoms with Crippen LogP contribution in [0.3, 0.4) is 0 Å². The second kappa shape index (κ2) is 7.40. The lowest BCUT2D eigenvalue weighted by Crippen LogP contribution is -2.46. The van der Waals surface area contributed by atoms with Crippen LogP contribution in [0.4, 0.5) is 19.0 Å². The number of pyridine rings is 1. The van der Waals surface area contributed by atoms with E-state index in [9.17, 15) is 13.2 Å². The minimum Gasteiger partial charge on any atom is -0.354 e. The molecule has 0 amide bonds. The highest BCUT2D eigenvalue weighted by molar-refractivity contribution is 6.30. The molecule has 2 aromatic rings. The first-order valence-electron chi connectivity index (χ1n) is 7.78. The van der Waals surface area contributed by atoms with Gasteiger partial charge in [-0.3, -0.25) is 4.90 Å². The van der Waals surface area contributed by atoms with Crippen LogP contribution >= 0.6 is 23.2 Å². The number of hydrogen-bond acceptors (Lipinski definition) is 3. The van der Waals surface area contributed by atoms with Crippen molar-refractivity contribution in [2.75, 3.05) is 31.1 Å². The van der Waals surface area contributed by atoms with Crippen LogP contribution in [0.1, 0.15) is 11.1 Å². The molecule has 0 unspecified atom stereocenters. The summed E-state index contributed by atoms with van der Waals surface area (Å²) in [6.45, 7) is 3.77. The Morgan fingerprint density at radius 2 is 1.56 bits per heavy atom. The Kier molecular flexibility index (Phi) is 5.41.